The first-order valence-electron chi connectivity index (χ1n) is 11.4. The summed E-state index contributed by atoms with van der Waals surface area (Å²) in [6, 6.07) is 14.4. The van der Waals surface area contributed by atoms with Crippen molar-refractivity contribution in [2.75, 3.05) is 16.0 Å². The lowest BCUT2D eigenvalue weighted by atomic mass is 10.1. The number of ether oxygens (including phenoxy) is 3. The molecule has 0 spiro atoms. The zero-order valence-electron chi connectivity index (χ0n) is 20.0. The van der Waals surface area contributed by atoms with E-state index >= 15 is 0 Å². The number of fused-ring (bicyclic) bond motifs is 1. The van der Waals surface area contributed by atoms with Gasteiger partial charge in [-0.1, -0.05) is 6.07 Å². The molecule has 0 saturated carbocycles. The molecule has 0 saturated heterocycles. The molecule has 0 fully saturated rings. The van der Waals surface area contributed by atoms with Crippen molar-refractivity contribution in [3.63, 3.8) is 0 Å². The van der Waals surface area contributed by atoms with Gasteiger partial charge >= 0.3 is 18.4 Å². The Morgan fingerprint density at radius 1 is 0.800 bits per heavy atom. The number of carbonyl (C=O) groups excluding carboxylic acids is 2. The van der Waals surface area contributed by atoms with Gasteiger partial charge in [0.25, 0.3) is 5.91 Å². The summed E-state index contributed by atoms with van der Waals surface area (Å²) in [6.07, 6.45) is -4.40. The third-order valence-electron chi connectivity index (χ3n) is 5.24. The van der Waals surface area contributed by atoms with Gasteiger partial charge in [0.15, 0.2) is 0 Å². The van der Waals surface area contributed by atoms with Gasteiger partial charge in [-0.3, -0.25) is 14.8 Å². The van der Waals surface area contributed by atoms with Crippen LogP contribution in [0.2, 0.25) is 0 Å². The van der Waals surface area contributed by atoms with Crippen molar-refractivity contribution >= 4 is 29.0 Å². The Balaban J connectivity index is 1.23. The minimum Gasteiger partial charge on any atom is -0.457 e. The molecule has 14 heteroatoms. The molecule has 0 atom stereocenters. The molecule has 1 aliphatic heterocycles. The van der Waals surface area contributed by atoms with Crippen LogP contribution in [0.5, 0.6) is 17.2 Å². The number of anilines is 3. The molecule has 3 amide bonds. The molecule has 0 radical (unpaired) electrons. The second-order valence-electron chi connectivity index (χ2n) is 8.18. The van der Waals surface area contributed by atoms with Crippen molar-refractivity contribution in [2.45, 2.75) is 12.4 Å². The molecular formula is C26H17F4N5O5. The monoisotopic (exact) mass is 555 g/mol. The molecule has 1 aliphatic rings. The summed E-state index contributed by atoms with van der Waals surface area (Å²) in [5.74, 6) is -0.674. The topological polar surface area (TPSA) is 124 Å². The highest BCUT2D eigenvalue weighted by Crippen LogP contribution is 2.46. The molecule has 5 rings (SSSR count). The van der Waals surface area contributed by atoms with E-state index in [0.29, 0.717) is 11.4 Å². The Morgan fingerprint density at radius 2 is 1.55 bits per heavy atom. The Hall–Kier alpha value is -5.24. The summed E-state index contributed by atoms with van der Waals surface area (Å²) < 4.78 is 67.7. The van der Waals surface area contributed by atoms with Crippen LogP contribution in [-0.4, -0.2) is 28.2 Å². The number of amides is 3. The van der Waals surface area contributed by atoms with Crippen LogP contribution in [0.4, 0.5) is 39.4 Å². The number of nitrogens with zero attached hydrogens (tertiary/aromatic N) is 2. The van der Waals surface area contributed by atoms with Gasteiger partial charge in [0.1, 0.15) is 22.9 Å². The molecule has 0 aliphatic carbocycles. The number of nitrogens with one attached hydrogen (secondary N) is 3. The highest BCUT2D eigenvalue weighted by Gasteiger charge is 2.54. The maximum absolute atomic E-state index is 14.0. The van der Waals surface area contributed by atoms with Crippen LogP contribution < -0.4 is 25.4 Å². The Kier molecular flexibility index (Phi) is 6.92. The molecule has 10 nitrogen and oxygen atoms in total. The van der Waals surface area contributed by atoms with Crippen molar-refractivity contribution in [3.8, 4) is 17.2 Å². The first-order chi connectivity index (χ1) is 19.1. The highest BCUT2D eigenvalue weighted by molar-refractivity contribution is 6.03. The Labute approximate surface area is 222 Å². The number of hydrogen-bond donors (Lipinski definition) is 3. The van der Waals surface area contributed by atoms with E-state index in [1.54, 1.807) is 30.5 Å². The van der Waals surface area contributed by atoms with Crippen molar-refractivity contribution in [1.82, 2.24) is 9.97 Å². The number of alkyl halides is 4. The van der Waals surface area contributed by atoms with Crippen LogP contribution in [0.25, 0.3) is 0 Å². The summed E-state index contributed by atoms with van der Waals surface area (Å²) in [7, 11) is 0. The fraction of sp³-hybridized carbons (Fsp3) is 0.0769. The van der Waals surface area contributed by atoms with Crippen LogP contribution in [-0.2, 0) is 10.8 Å². The molecule has 40 heavy (non-hydrogen) atoms. The zero-order chi connectivity index (χ0) is 28.3. The molecule has 3 heterocycles. The normalized spacial score (nSPS) is 14.7. The summed E-state index contributed by atoms with van der Waals surface area (Å²) in [6.45, 7) is 0. The predicted octanol–water partition coefficient (Wildman–Crippen LogP) is 6.17. The van der Waals surface area contributed by atoms with Gasteiger partial charge in [-0.25, -0.2) is 9.53 Å². The Morgan fingerprint density at radius 3 is 2.33 bits per heavy atom. The average molecular weight is 555 g/mol. The average Bonchev–Trinajstić information content (AvgIpc) is 2.89. The van der Waals surface area contributed by atoms with Gasteiger partial charge in [0.2, 0.25) is 0 Å². The zero-order valence-corrected chi connectivity index (χ0v) is 20.0. The molecule has 4 aromatic rings. The van der Waals surface area contributed by atoms with Gasteiger partial charge in [-0.2, -0.15) is 8.78 Å². The number of hydrogen-bond acceptors (Lipinski definition) is 7. The number of aromatic nitrogens is 2. The predicted molar refractivity (Wildman–Crippen MR) is 133 cm³/mol. The van der Waals surface area contributed by atoms with E-state index in [0.717, 1.165) is 18.2 Å². The van der Waals surface area contributed by atoms with E-state index in [9.17, 15) is 27.2 Å². The van der Waals surface area contributed by atoms with Gasteiger partial charge in [0.05, 0.1) is 17.4 Å². The lowest BCUT2D eigenvalue weighted by Crippen LogP contribution is -2.41. The first-order valence-corrected chi connectivity index (χ1v) is 11.4. The minimum atomic E-state index is -4.50. The van der Waals surface area contributed by atoms with Crippen LogP contribution in [0, 0.1) is 0 Å². The van der Waals surface area contributed by atoms with Crippen molar-refractivity contribution in [3.05, 3.63) is 96.6 Å². The molecule has 0 bridgehead atoms. The number of carbonyl (C=O) groups is 2. The molecule has 2 aromatic carbocycles. The summed E-state index contributed by atoms with van der Waals surface area (Å²) >= 11 is 0. The van der Waals surface area contributed by atoms with Crippen molar-refractivity contribution in [2.24, 2.45) is 0 Å². The van der Waals surface area contributed by atoms with E-state index in [1.807, 2.05) is 0 Å². The summed E-state index contributed by atoms with van der Waals surface area (Å²) in [5, 5.41) is 7.50. The Bertz CT molecular complexity index is 1570. The minimum absolute atomic E-state index is 0.0881. The van der Waals surface area contributed by atoms with Gasteiger partial charge in [-0.15, -0.1) is 8.78 Å². The molecular weight excluding hydrogens is 538 g/mol. The van der Waals surface area contributed by atoms with E-state index < -0.39 is 35.7 Å². The van der Waals surface area contributed by atoms with E-state index in [1.165, 1.54) is 36.7 Å². The summed E-state index contributed by atoms with van der Waals surface area (Å²) in [5.41, 5.74) is -0.254. The smallest absolute Gasteiger partial charge is 0.457 e. The molecule has 2 aromatic heterocycles. The number of urea groups is 1. The SMILES string of the molecule is O=C(Nc1cccc(Oc2ccnc(C(=O)Nc3cccnc3)c2)c1)Nc1ccc2c(c1)C(F)(F)OC(F)(F)O2. The standard InChI is InChI=1S/C26H17F4N5O5/c27-25(28)20-12-16(6-7-22(20)39-26(29,30)40-25)35-24(37)34-15-3-1-5-18(11-15)38-19-8-10-32-21(13-19)23(36)33-17-4-2-9-31-14-17/h1-14H,(H,33,36)(H2,34,35,37). The van der Waals surface area contributed by atoms with Crippen LogP contribution in [0.1, 0.15) is 16.1 Å². The van der Waals surface area contributed by atoms with Crippen LogP contribution >= 0.6 is 0 Å². The first kappa shape index (κ1) is 26.4. The maximum Gasteiger partial charge on any atom is 0.540 e. The van der Waals surface area contributed by atoms with Gasteiger partial charge in [0, 0.05) is 35.9 Å². The second-order valence-corrected chi connectivity index (χ2v) is 8.18. The maximum atomic E-state index is 14.0. The molecule has 0 unspecified atom stereocenters. The van der Waals surface area contributed by atoms with Gasteiger partial charge in [-0.05, 0) is 48.5 Å². The number of pyridine rings is 2. The van der Waals surface area contributed by atoms with E-state index in [-0.39, 0.29) is 22.8 Å². The lowest BCUT2D eigenvalue weighted by Gasteiger charge is -2.30. The fourth-order valence-electron chi connectivity index (χ4n) is 3.57. The highest BCUT2D eigenvalue weighted by atomic mass is 19.3. The largest absolute Gasteiger partial charge is 0.540 e. The molecule has 204 valence electrons. The number of rotatable bonds is 6. The van der Waals surface area contributed by atoms with Crippen LogP contribution in [0.15, 0.2) is 85.3 Å². The quantitative estimate of drug-likeness (QED) is 0.243. The second kappa shape index (κ2) is 10.5. The van der Waals surface area contributed by atoms with E-state index in [4.69, 9.17) is 4.74 Å². The van der Waals surface area contributed by atoms with Crippen molar-refractivity contribution < 1.29 is 41.4 Å². The lowest BCUT2D eigenvalue weighted by molar-refractivity contribution is -0.461. The fourth-order valence-corrected chi connectivity index (χ4v) is 3.57. The molecule has 3 N–H and O–H groups in total. The summed E-state index contributed by atoms with van der Waals surface area (Å²) in [4.78, 5) is 32.9. The van der Waals surface area contributed by atoms with E-state index in [2.05, 4.69) is 35.4 Å². The third kappa shape index (κ3) is 6.24. The van der Waals surface area contributed by atoms with Gasteiger partial charge < -0.3 is 25.4 Å². The van der Waals surface area contributed by atoms with Crippen molar-refractivity contribution in [1.29, 1.82) is 0 Å². The van der Waals surface area contributed by atoms with Crippen LogP contribution in [0.3, 0.4) is 0 Å². The number of halogens is 4. The third-order valence-corrected chi connectivity index (χ3v) is 5.24. The number of benzene rings is 2.